The fraction of sp³-hybridized carbons (Fsp3) is 0.211. The maximum absolute atomic E-state index is 14.0. The SMILES string of the molecule is COc1ccc(Cn2c(CCc3c[nH]c4ccccc34)nnc2[C@@H](Cc2c[nH]c3ccccc23)NS(=O)(=O)c2ccc(C)cc2)c(OC)c1. The van der Waals surface area contributed by atoms with Crippen molar-refractivity contribution < 1.29 is 17.9 Å². The van der Waals surface area contributed by atoms with E-state index in [1.54, 1.807) is 38.5 Å². The fourth-order valence-electron chi connectivity index (χ4n) is 6.38. The zero-order valence-corrected chi connectivity index (χ0v) is 28.4. The van der Waals surface area contributed by atoms with Crippen LogP contribution in [0.15, 0.2) is 108 Å². The number of aromatic amines is 2. The Morgan fingerprint density at radius 1 is 0.776 bits per heavy atom. The molecule has 0 radical (unpaired) electrons. The van der Waals surface area contributed by atoms with Gasteiger partial charge in [0.25, 0.3) is 0 Å². The summed E-state index contributed by atoms with van der Waals surface area (Å²) in [7, 11) is -0.702. The molecule has 0 bridgehead atoms. The molecule has 49 heavy (non-hydrogen) atoms. The number of aromatic nitrogens is 5. The first-order valence-corrected chi connectivity index (χ1v) is 17.6. The lowest BCUT2D eigenvalue weighted by Crippen LogP contribution is -2.32. The predicted molar refractivity (Wildman–Crippen MR) is 191 cm³/mol. The number of hydrogen-bond donors (Lipinski definition) is 3. The predicted octanol–water partition coefficient (Wildman–Crippen LogP) is 6.66. The average molecular weight is 675 g/mol. The number of hydrogen-bond acceptors (Lipinski definition) is 6. The Labute approximate surface area is 285 Å². The second kappa shape index (κ2) is 13.6. The monoisotopic (exact) mass is 674 g/mol. The molecule has 0 saturated carbocycles. The lowest BCUT2D eigenvalue weighted by molar-refractivity contribution is 0.389. The third-order valence-electron chi connectivity index (χ3n) is 9.01. The van der Waals surface area contributed by atoms with Gasteiger partial charge < -0.3 is 24.0 Å². The molecule has 3 N–H and O–H groups in total. The van der Waals surface area contributed by atoms with Crippen molar-refractivity contribution in [3.05, 3.63) is 137 Å². The van der Waals surface area contributed by atoms with Crippen molar-refractivity contribution in [2.45, 2.75) is 43.7 Å². The molecule has 0 saturated heterocycles. The topological polar surface area (TPSA) is 127 Å². The quantitative estimate of drug-likeness (QED) is 0.126. The van der Waals surface area contributed by atoms with Crippen LogP contribution in [-0.4, -0.2) is 47.4 Å². The first kappa shape index (κ1) is 32.2. The third-order valence-corrected chi connectivity index (χ3v) is 10.5. The number of rotatable bonds is 13. The minimum atomic E-state index is -3.94. The first-order chi connectivity index (χ1) is 23.8. The van der Waals surface area contributed by atoms with Gasteiger partial charge in [0.15, 0.2) is 5.82 Å². The van der Waals surface area contributed by atoms with Gasteiger partial charge in [-0.3, -0.25) is 0 Å². The van der Waals surface area contributed by atoms with Crippen LogP contribution in [0.1, 0.15) is 39.9 Å². The second-order valence-electron chi connectivity index (χ2n) is 12.1. The lowest BCUT2D eigenvalue weighted by atomic mass is 10.0. The van der Waals surface area contributed by atoms with Crippen molar-refractivity contribution in [2.24, 2.45) is 0 Å². The molecule has 0 amide bonds. The molecule has 250 valence electrons. The number of nitrogens with one attached hydrogen (secondary N) is 3. The highest BCUT2D eigenvalue weighted by molar-refractivity contribution is 7.89. The van der Waals surface area contributed by atoms with Gasteiger partial charge in [0.2, 0.25) is 10.0 Å². The maximum Gasteiger partial charge on any atom is 0.241 e. The van der Waals surface area contributed by atoms with E-state index in [2.05, 4.69) is 26.8 Å². The number of aryl methyl sites for hydroxylation is 3. The molecule has 7 rings (SSSR count). The molecule has 0 fully saturated rings. The molecule has 11 heteroatoms. The van der Waals surface area contributed by atoms with Crippen molar-refractivity contribution in [3.63, 3.8) is 0 Å². The Balaban J connectivity index is 1.32. The highest BCUT2D eigenvalue weighted by Gasteiger charge is 2.29. The molecule has 4 aromatic carbocycles. The minimum absolute atomic E-state index is 0.185. The Hall–Kier alpha value is -5.39. The number of sulfonamides is 1. The van der Waals surface area contributed by atoms with Gasteiger partial charge in [-0.05, 0) is 67.3 Å². The van der Waals surface area contributed by atoms with Crippen LogP contribution >= 0.6 is 0 Å². The van der Waals surface area contributed by atoms with Gasteiger partial charge in [-0.1, -0.05) is 54.1 Å². The molecule has 1 atom stereocenters. The van der Waals surface area contributed by atoms with Gasteiger partial charge in [-0.2, -0.15) is 0 Å². The number of ether oxygens (including phenoxy) is 2. The molecule has 0 aliphatic rings. The van der Waals surface area contributed by atoms with Crippen molar-refractivity contribution in [3.8, 4) is 11.5 Å². The van der Waals surface area contributed by atoms with Crippen LogP contribution in [0.3, 0.4) is 0 Å². The van der Waals surface area contributed by atoms with Gasteiger partial charge in [0.1, 0.15) is 17.3 Å². The van der Waals surface area contributed by atoms with Crippen molar-refractivity contribution in [1.29, 1.82) is 0 Å². The van der Waals surface area contributed by atoms with Crippen LogP contribution in [0.25, 0.3) is 21.8 Å². The van der Waals surface area contributed by atoms with Crippen LogP contribution in [0.2, 0.25) is 0 Å². The maximum atomic E-state index is 14.0. The number of benzene rings is 4. The van der Waals surface area contributed by atoms with Crippen molar-refractivity contribution >= 4 is 31.8 Å². The van der Waals surface area contributed by atoms with Gasteiger partial charge in [0.05, 0.1) is 31.7 Å². The Bertz CT molecular complexity index is 2340. The molecular weight excluding hydrogens is 637 g/mol. The fourth-order valence-corrected chi connectivity index (χ4v) is 7.57. The van der Waals surface area contributed by atoms with E-state index in [4.69, 9.17) is 19.7 Å². The molecule has 0 unspecified atom stereocenters. The highest BCUT2D eigenvalue weighted by atomic mass is 32.2. The van der Waals surface area contributed by atoms with E-state index in [0.29, 0.717) is 43.1 Å². The average Bonchev–Trinajstić information content (AvgIpc) is 3.84. The summed E-state index contributed by atoms with van der Waals surface area (Å²) in [5.74, 6) is 2.56. The van der Waals surface area contributed by atoms with Crippen LogP contribution < -0.4 is 14.2 Å². The normalized spacial score (nSPS) is 12.5. The zero-order chi connectivity index (χ0) is 34.0. The number of para-hydroxylation sites is 2. The smallest absolute Gasteiger partial charge is 0.241 e. The van der Waals surface area contributed by atoms with E-state index in [9.17, 15) is 8.42 Å². The van der Waals surface area contributed by atoms with Crippen LogP contribution in [0.5, 0.6) is 11.5 Å². The summed E-state index contributed by atoms with van der Waals surface area (Å²) in [6.45, 7) is 2.28. The zero-order valence-electron chi connectivity index (χ0n) is 27.6. The summed E-state index contributed by atoms with van der Waals surface area (Å²) in [4.78, 5) is 6.88. The first-order valence-electron chi connectivity index (χ1n) is 16.1. The molecule has 3 heterocycles. The largest absolute Gasteiger partial charge is 0.497 e. The van der Waals surface area contributed by atoms with E-state index < -0.39 is 16.1 Å². The molecule has 0 aliphatic carbocycles. The summed E-state index contributed by atoms with van der Waals surface area (Å²) in [6.07, 6.45) is 5.61. The summed E-state index contributed by atoms with van der Waals surface area (Å²) in [5.41, 5.74) is 6.04. The molecule has 10 nitrogen and oxygen atoms in total. The van der Waals surface area contributed by atoms with Gasteiger partial charge >= 0.3 is 0 Å². The Morgan fingerprint density at radius 3 is 2.14 bits per heavy atom. The second-order valence-corrected chi connectivity index (χ2v) is 13.9. The molecule has 3 aromatic heterocycles. The lowest BCUT2D eigenvalue weighted by Gasteiger charge is -2.21. The summed E-state index contributed by atoms with van der Waals surface area (Å²) in [6, 6.07) is 28.0. The highest BCUT2D eigenvalue weighted by Crippen LogP contribution is 2.30. The van der Waals surface area contributed by atoms with E-state index in [1.807, 2.05) is 78.5 Å². The molecular formula is C38H38N6O4S. The standard InChI is InChI=1S/C38H38N6O4S/c1-25-12-17-30(18-13-25)49(45,46)43-35(20-28-23-40-34-11-7-5-9-32(28)34)38-42-41-37(19-15-26-22-39-33-10-6-4-8-31(26)33)44(38)24-27-14-16-29(47-2)21-36(27)48-3/h4-14,16-18,21-23,35,39-40,43H,15,19-20,24H2,1-3H3/t35-/m1/s1. The molecule has 7 aromatic rings. The third kappa shape index (κ3) is 6.67. The van der Waals surface area contributed by atoms with E-state index >= 15 is 0 Å². The van der Waals surface area contributed by atoms with Gasteiger partial charge in [-0.15, -0.1) is 10.2 Å². The number of fused-ring (bicyclic) bond motifs is 2. The number of H-pyrrole nitrogens is 2. The van der Waals surface area contributed by atoms with Crippen LogP contribution in [0, 0.1) is 6.92 Å². The minimum Gasteiger partial charge on any atom is -0.497 e. The molecule has 0 aliphatic heterocycles. The van der Waals surface area contributed by atoms with Crippen molar-refractivity contribution in [2.75, 3.05) is 14.2 Å². The van der Waals surface area contributed by atoms with E-state index in [1.165, 1.54) is 5.56 Å². The Morgan fingerprint density at radius 2 is 1.45 bits per heavy atom. The van der Waals surface area contributed by atoms with Crippen LogP contribution in [0.4, 0.5) is 0 Å². The van der Waals surface area contributed by atoms with Gasteiger partial charge in [-0.25, -0.2) is 13.1 Å². The summed E-state index contributed by atoms with van der Waals surface area (Å²) >= 11 is 0. The summed E-state index contributed by atoms with van der Waals surface area (Å²) < 4.78 is 44.2. The number of nitrogens with zero attached hydrogens (tertiary/aromatic N) is 3. The Kier molecular flexibility index (Phi) is 8.94. The van der Waals surface area contributed by atoms with E-state index in [0.717, 1.165) is 44.3 Å². The number of methoxy groups -OCH3 is 2. The summed E-state index contributed by atoms with van der Waals surface area (Å²) in [5, 5.41) is 11.6. The van der Waals surface area contributed by atoms with Crippen molar-refractivity contribution in [1.82, 2.24) is 29.5 Å². The van der Waals surface area contributed by atoms with E-state index in [-0.39, 0.29) is 4.90 Å². The molecule has 0 spiro atoms. The van der Waals surface area contributed by atoms with Crippen LogP contribution in [-0.2, 0) is 35.8 Å². The van der Waals surface area contributed by atoms with Gasteiger partial charge in [0, 0.05) is 52.3 Å².